The van der Waals surface area contributed by atoms with Crippen molar-refractivity contribution < 1.29 is 9.47 Å². The molecule has 0 saturated heterocycles. The Balaban J connectivity index is 1.72. The van der Waals surface area contributed by atoms with E-state index in [0.717, 1.165) is 22.4 Å². The van der Waals surface area contributed by atoms with E-state index in [1.54, 1.807) is 31.5 Å². The predicted octanol–water partition coefficient (Wildman–Crippen LogP) is 5.48. The number of aryl methyl sites for hydroxylation is 1. The highest BCUT2D eigenvalue weighted by molar-refractivity contribution is 6.37. The second-order valence-corrected chi connectivity index (χ2v) is 7.33. The van der Waals surface area contributed by atoms with Crippen molar-refractivity contribution in [3.63, 3.8) is 0 Å². The third-order valence-corrected chi connectivity index (χ3v) is 5.06. The van der Waals surface area contributed by atoms with Crippen LogP contribution in [0, 0.1) is 6.92 Å². The molecule has 0 aliphatic carbocycles. The van der Waals surface area contributed by atoms with Crippen LogP contribution < -0.4 is 15.2 Å². The normalized spacial score (nSPS) is 11.0. The predicted molar refractivity (Wildman–Crippen MR) is 115 cm³/mol. The topological polar surface area (TPSA) is 75.2 Å². The summed E-state index contributed by atoms with van der Waals surface area (Å²) in [6.45, 7) is 2.47. The minimum atomic E-state index is 0.336. The molecule has 29 heavy (non-hydrogen) atoms. The number of methoxy groups -OCH3 is 1. The summed E-state index contributed by atoms with van der Waals surface area (Å²) in [5.41, 5.74) is 8.82. The van der Waals surface area contributed by atoms with E-state index in [0.29, 0.717) is 39.4 Å². The smallest absolute Gasteiger partial charge is 0.164 e. The fourth-order valence-electron chi connectivity index (χ4n) is 3.13. The maximum absolute atomic E-state index is 6.28. The van der Waals surface area contributed by atoms with Crippen LogP contribution in [0.2, 0.25) is 10.0 Å². The van der Waals surface area contributed by atoms with Crippen molar-refractivity contribution in [2.45, 2.75) is 13.5 Å². The van der Waals surface area contributed by atoms with Crippen molar-refractivity contribution in [2.75, 3.05) is 12.8 Å². The number of halogens is 2. The van der Waals surface area contributed by atoms with Crippen molar-refractivity contribution in [3.8, 4) is 17.2 Å². The Morgan fingerprint density at radius 2 is 1.76 bits per heavy atom. The number of ether oxygens (including phenoxy) is 2. The molecule has 6 nitrogen and oxygen atoms in total. The molecule has 2 aromatic heterocycles. The number of fused-ring (bicyclic) bond motifs is 1. The third kappa shape index (κ3) is 3.81. The van der Waals surface area contributed by atoms with Gasteiger partial charge in [0, 0.05) is 11.9 Å². The third-order valence-electron chi connectivity index (χ3n) is 4.49. The second-order valence-electron chi connectivity index (χ2n) is 6.51. The minimum Gasteiger partial charge on any atom is -0.497 e. The van der Waals surface area contributed by atoms with Gasteiger partial charge in [-0.05, 0) is 42.8 Å². The van der Waals surface area contributed by atoms with Crippen LogP contribution in [0.4, 0.5) is 5.69 Å². The quantitative estimate of drug-likeness (QED) is 0.426. The van der Waals surface area contributed by atoms with E-state index in [1.165, 1.54) is 0 Å². The number of nitrogens with zero attached hydrogens (tertiary/aromatic N) is 3. The zero-order valence-electron chi connectivity index (χ0n) is 15.8. The summed E-state index contributed by atoms with van der Waals surface area (Å²) < 4.78 is 13.1. The SMILES string of the molecule is COc1ccc(Cn2nc(C)c3c(Oc4c(Cl)cc(N)cc4Cl)ccnc32)cc1. The van der Waals surface area contributed by atoms with E-state index < -0.39 is 0 Å². The molecule has 0 spiro atoms. The Hall–Kier alpha value is -2.96. The molecule has 2 heterocycles. The molecule has 0 aliphatic heterocycles. The number of rotatable bonds is 5. The Bertz CT molecular complexity index is 1170. The lowest BCUT2D eigenvalue weighted by atomic mass is 10.2. The number of nitrogens with two attached hydrogens (primary N) is 1. The summed E-state index contributed by atoms with van der Waals surface area (Å²) in [4.78, 5) is 4.50. The zero-order chi connectivity index (χ0) is 20.5. The van der Waals surface area contributed by atoms with Gasteiger partial charge in [0.25, 0.3) is 0 Å². The number of aromatic nitrogens is 3. The lowest BCUT2D eigenvalue weighted by Gasteiger charge is -2.11. The average molecular weight is 429 g/mol. The second kappa shape index (κ2) is 7.81. The van der Waals surface area contributed by atoms with Gasteiger partial charge in [0.2, 0.25) is 0 Å². The fourth-order valence-corrected chi connectivity index (χ4v) is 3.72. The van der Waals surface area contributed by atoms with E-state index in [2.05, 4.69) is 10.1 Å². The molecule has 4 rings (SSSR count). The molecule has 0 amide bonds. The first-order valence-corrected chi connectivity index (χ1v) is 9.59. The van der Waals surface area contributed by atoms with Crippen LogP contribution in [-0.2, 0) is 6.54 Å². The van der Waals surface area contributed by atoms with Crippen LogP contribution in [0.25, 0.3) is 11.0 Å². The van der Waals surface area contributed by atoms with Crippen LogP contribution in [0.1, 0.15) is 11.3 Å². The molecule has 0 bridgehead atoms. The fraction of sp³-hybridized carbons (Fsp3) is 0.143. The average Bonchev–Trinajstić information content (AvgIpc) is 3.01. The number of pyridine rings is 1. The van der Waals surface area contributed by atoms with Crippen molar-refractivity contribution in [3.05, 3.63) is 70.0 Å². The first-order chi connectivity index (χ1) is 14.0. The first kappa shape index (κ1) is 19.4. The maximum atomic E-state index is 6.28. The molecule has 0 fully saturated rings. The molecule has 0 radical (unpaired) electrons. The highest BCUT2D eigenvalue weighted by atomic mass is 35.5. The number of anilines is 1. The Morgan fingerprint density at radius 1 is 1.07 bits per heavy atom. The van der Waals surface area contributed by atoms with E-state index in [1.807, 2.05) is 35.9 Å². The van der Waals surface area contributed by atoms with Gasteiger partial charge in [0.05, 0.1) is 34.8 Å². The van der Waals surface area contributed by atoms with Crippen molar-refractivity contribution in [1.82, 2.24) is 14.8 Å². The van der Waals surface area contributed by atoms with Crippen LogP contribution in [0.15, 0.2) is 48.7 Å². The monoisotopic (exact) mass is 428 g/mol. The van der Waals surface area contributed by atoms with Gasteiger partial charge < -0.3 is 15.2 Å². The van der Waals surface area contributed by atoms with Gasteiger partial charge >= 0.3 is 0 Å². The number of benzene rings is 2. The molecular weight excluding hydrogens is 411 g/mol. The van der Waals surface area contributed by atoms with Crippen LogP contribution in [0.5, 0.6) is 17.2 Å². The minimum absolute atomic E-state index is 0.336. The van der Waals surface area contributed by atoms with E-state index in [9.17, 15) is 0 Å². The lowest BCUT2D eigenvalue weighted by molar-refractivity contribution is 0.414. The number of nitrogen functional groups attached to an aromatic ring is 1. The van der Waals surface area contributed by atoms with Gasteiger partial charge in [-0.3, -0.25) is 0 Å². The van der Waals surface area contributed by atoms with Gasteiger partial charge in [-0.15, -0.1) is 0 Å². The molecule has 0 atom stereocenters. The Labute approximate surface area is 177 Å². The van der Waals surface area contributed by atoms with Crippen molar-refractivity contribution in [1.29, 1.82) is 0 Å². The summed E-state index contributed by atoms with van der Waals surface area (Å²) in [5, 5.41) is 6.11. The summed E-state index contributed by atoms with van der Waals surface area (Å²) >= 11 is 12.6. The molecular formula is C21H18Cl2N4O2. The zero-order valence-corrected chi connectivity index (χ0v) is 17.3. The summed E-state index contributed by atoms with van der Waals surface area (Å²) in [6, 6.07) is 12.8. The first-order valence-electron chi connectivity index (χ1n) is 8.83. The van der Waals surface area contributed by atoms with Gasteiger partial charge in [0.1, 0.15) is 11.5 Å². The highest BCUT2D eigenvalue weighted by Gasteiger charge is 2.17. The van der Waals surface area contributed by atoms with E-state index in [-0.39, 0.29) is 0 Å². The van der Waals surface area contributed by atoms with Gasteiger partial charge in [-0.2, -0.15) is 5.10 Å². The van der Waals surface area contributed by atoms with Gasteiger partial charge in [-0.25, -0.2) is 9.67 Å². The molecule has 0 aliphatic rings. The van der Waals surface area contributed by atoms with E-state index >= 15 is 0 Å². The van der Waals surface area contributed by atoms with E-state index in [4.69, 9.17) is 38.4 Å². The maximum Gasteiger partial charge on any atom is 0.164 e. The van der Waals surface area contributed by atoms with Crippen molar-refractivity contribution >= 4 is 39.9 Å². The molecule has 0 saturated carbocycles. The molecule has 4 aromatic rings. The summed E-state index contributed by atoms with van der Waals surface area (Å²) in [6.07, 6.45) is 1.67. The Morgan fingerprint density at radius 3 is 2.41 bits per heavy atom. The molecule has 2 N–H and O–H groups in total. The largest absolute Gasteiger partial charge is 0.497 e. The standard InChI is InChI=1S/C21H18Cl2N4O2/c1-12-19-18(29-20-16(22)9-14(24)10-17(20)23)7-8-25-21(19)27(26-12)11-13-3-5-15(28-2)6-4-13/h3-10H,11,24H2,1-2H3. The van der Waals surface area contributed by atoms with Crippen molar-refractivity contribution in [2.24, 2.45) is 0 Å². The van der Waals surface area contributed by atoms with Crippen LogP contribution in [0.3, 0.4) is 0 Å². The summed E-state index contributed by atoms with van der Waals surface area (Å²) in [7, 11) is 1.64. The highest BCUT2D eigenvalue weighted by Crippen LogP contribution is 2.40. The molecule has 2 aromatic carbocycles. The Kier molecular flexibility index (Phi) is 5.22. The lowest BCUT2D eigenvalue weighted by Crippen LogP contribution is -2.03. The number of hydrogen-bond donors (Lipinski definition) is 1. The summed E-state index contributed by atoms with van der Waals surface area (Å²) in [5.74, 6) is 1.72. The van der Waals surface area contributed by atoms with Crippen LogP contribution >= 0.6 is 23.2 Å². The molecule has 8 heteroatoms. The molecule has 0 unspecified atom stereocenters. The van der Waals surface area contributed by atoms with Crippen LogP contribution in [-0.4, -0.2) is 21.9 Å². The number of hydrogen-bond acceptors (Lipinski definition) is 5. The van der Waals surface area contributed by atoms with Gasteiger partial charge in [0.15, 0.2) is 11.4 Å². The van der Waals surface area contributed by atoms with Gasteiger partial charge in [-0.1, -0.05) is 35.3 Å². The molecule has 148 valence electrons.